The average Bonchev–Trinajstić information content (AvgIpc) is 3.37. The van der Waals surface area contributed by atoms with E-state index in [1.165, 1.54) is 24.7 Å². The number of carboxylic acid groups (broad SMARTS) is 1. The first-order chi connectivity index (χ1) is 20.6. The van der Waals surface area contributed by atoms with Crippen molar-refractivity contribution < 1.29 is 18.3 Å². The van der Waals surface area contributed by atoms with Gasteiger partial charge in [-0.15, -0.1) is 0 Å². The van der Waals surface area contributed by atoms with Crippen molar-refractivity contribution in [3.05, 3.63) is 124 Å². The van der Waals surface area contributed by atoms with E-state index in [1.54, 1.807) is 53.2 Å². The van der Waals surface area contributed by atoms with Gasteiger partial charge in [-0.05, 0) is 76.3 Å². The Bertz CT molecular complexity index is 1840. The van der Waals surface area contributed by atoms with Crippen LogP contribution in [0.4, 0.5) is 0 Å². The van der Waals surface area contributed by atoms with E-state index in [1.807, 2.05) is 30.3 Å². The maximum absolute atomic E-state index is 13.6. The quantitative estimate of drug-likeness (QED) is 0.165. The molecule has 4 aromatic carbocycles. The number of likely N-dealkylation sites (N-methyl/N-ethyl adjacent to an activating group) is 1. The highest BCUT2D eigenvalue weighted by Gasteiger charge is 2.33. The van der Waals surface area contributed by atoms with Crippen LogP contribution in [0, 0.1) is 0 Å². The van der Waals surface area contributed by atoms with Crippen LogP contribution in [0.5, 0.6) is 0 Å². The fourth-order valence-electron chi connectivity index (χ4n) is 4.83. The first-order valence-corrected chi connectivity index (χ1v) is 16.2. The molecule has 1 N–H and O–H groups in total. The summed E-state index contributed by atoms with van der Waals surface area (Å²) in [6.45, 7) is 2.10. The maximum atomic E-state index is 13.6. The number of sulfonamides is 1. The molecule has 0 aliphatic carbocycles. The van der Waals surface area contributed by atoms with Crippen molar-refractivity contribution in [3.8, 4) is 28.2 Å². The summed E-state index contributed by atoms with van der Waals surface area (Å²) < 4.78 is 30.6. The third kappa shape index (κ3) is 6.45. The van der Waals surface area contributed by atoms with Gasteiger partial charge in [0.1, 0.15) is 11.7 Å². The minimum absolute atomic E-state index is 0.0175. The lowest BCUT2D eigenvalue weighted by atomic mass is 10.1. The van der Waals surface area contributed by atoms with Crippen LogP contribution in [-0.2, 0) is 27.7 Å². The zero-order valence-electron chi connectivity index (χ0n) is 23.5. The molecule has 0 aliphatic heterocycles. The van der Waals surface area contributed by atoms with Gasteiger partial charge >= 0.3 is 5.97 Å². The second kappa shape index (κ2) is 12.9. The van der Waals surface area contributed by atoms with E-state index in [9.17, 15) is 18.3 Å². The number of aliphatic carboxylic acids is 1. The smallest absolute Gasteiger partial charge is 0.322 e. The number of aryl methyl sites for hydroxylation is 1. The zero-order chi connectivity index (χ0) is 30.7. The summed E-state index contributed by atoms with van der Waals surface area (Å²) in [5, 5.41) is 15.4. The molecular weight excluding hydrogens is 650 g/mol. The van der Waals surface area contributed by atoms with Crippen molar-refractivity contribution in [1.29, 1.82) is 0 Å². The Morgan fingerprint density at radius 2 is 1.51 bits per heavy atom. The second-order valence-electron chi connectivity index (χ2n) is 10.0. The maximum Gasteiger partial charge on any atom is 0.322 e. The van der Waals surface area contributed by atoms with Crippen molar-refractivity contribution in [2.75, 3.05) is 7.05 Å². The van der Waals surface area contributed by atoms with Crippen LogP contribution in [0.1, 0.15) is 18.1 Å². The Morgan fingerprint density at radius 1 is 0.907 bits per heavy atom. The predicted octanol–water partition coefficient (Wildman–Crippen LogP) is 7.50. The SMILES string of the molecule is CCc1ccc(-c2c(Br)c(-c3ccc(Cl)cc3)nn2-c2ccc(S(=O)(=O)N(C)C(Cc3ccccc3)C(=O)O)cc2)cc1. The topological polar surface area (TPSA) is 92.5 Å². The van der Waals surface area contributed by atoms with Crippen LogP contribution in [-0.4, -0.2) is 46.7 Å². The Hall–Kier alpha value is -3.76. The largest absolute Gasteiger partial charge is 0.480 e. The molecule has 0 saturated heterocycles. The molecule has 1 atom stereocenters. The van der Waals surface area contributed by atoms with Gasteiger partial charge in [0.2, 0.25) is 10.0 Å². The van der Waals surface area contributed by atoms with E-state index in [2.05, 4.69) is 35.0 Å². The lowest BCUT2D eigenvalue weighted by molar-refractivity contribution is -0.141. The zero-order valence-corrected chi connectivity index (χ0v) is 26.6. The van der Waals surface area contributed by atoms with Crippen molar-refractivity contribution >= 4 is 43.5 Å². The standard InChI is InChI=1S/C33H29BrClN3O4S/c1-3-22-9-11-25(12-10-22)32-30(34)31(24-13-15-26(35)16-14-24)36-38(32)27-17-19-28(20-18-27)43(41,42)37(2)29(33(39)40)21-23-7-5-4-6-8-23/h4-20,29H,3,21H2,1-2H3,(H,39,40). The molecule has 0 bridgehead atoms. The minimum Gasteiger partial charge on any atom is -0.480 e. The highest BCUT2D eigenvalue weighted by Crippen LogP contribution is 2.39. The fraction of sp³-hybridized carbons (Fsp3) is 0.152. The van der Waals surface area contributed by atoms with Gasteiger partial charge in [-0.25, -0.2) is 13.1 Å². The van der Waals surface area contributed by atoms with Crippen LogP contribution in [0.25, 0.3) is 28.2 Å². The number of hydrogen-bond donors (Lipinski definition) is 1. The van der Waals surface area contributed by atoms with Gasteiger partial charge in [-0.3, -0.25) is 4.79 Å². The summed E-state index contributed by atoms with van der Waals surface area (Å²) in [4.78, 5) is 12.1. The molecule has 0 amide bonds. The number of benzene rings is 4. The van der Waals surface area contributed by atoms with Gasteiger partial charge in [0.05, 0.1) is 20.7 Å². The number of carboxylic acids is 1. The number of rotatable bonds is 10. The third-order valence-corrected chi connectivity index (χ3v) is 10.2. The second-order valence-corrected chi connectivity index (χ2v) is 13.3. The fourth-order valence-corrected chi connectivity index (χ4v) is 6.97. The molecule has 0 spiro atoms. The highest BCUT2D eigenvalue weighted by molar-refractivity contribution is 9.10. The molecule has 0 fully saturated rings. The Kier molecular flexibility index (Phi) is 9.17. The first kappa shape index (κ1) is 30.7. The Morgan fingerprint density at radius 3 is 2.09 bits per heavy atom. The molecule has 0 aliphatic rings. The van der Waals surface area contributed by atoms with E-state index < -0.39 is 22.0 Å². The van der Waals surface area contributed by atoms with Gasteiger partial charge < -0.3 is 5.11 Å². The van der Waals surface area contributed by atoms with Gasteiger partial charge in [0.25, 0.3) is 0 Å². The summed E-state index contributed by atoms with van der Waals surface area (Å²) in [5.74, 6) is -1.22. The van der Waals surface area contributed by atoms with Crippen LogP contribution in [0.2, 0.25) is 5.02 Å². The molecule has 7 nitrogen and oxygen atoms in total. The minimum atomic E-state index is -4.12. The van der Waals surface area contributed by atoms with Gasteiger partial charge in [-0.2, -0.15) is 9.40 Å². The van der Waals surface area contributed by atoms with E-state index in [-0.39, 0.29) is 11.3 Å². The highest BCUT2D eigenvalue weighted by atomic mass is 79.9. The number of hydrogen-bond acceptors (Lipinski definition) is 4. The molecule has 1 aromatic heterocycles. The van der Waals surface area contributed by atoms with Crippen molar-refractivity contribution in [1.82, 2.24) is 14.1 Å². The van der Waals surface area contributed by atoms with Crippen molar-refractivity contribution in [2.45, 2.75) is 30.7 Å². The van der Waals surface area contributed by atoms with E-state index in [0.29, 0.717) is 16.4 Å². The monoisotopic (exact) mass is 677 g/mol. The number of aromatic nitrogens is 2. The molecule has 10 heteroatoms. The van der Waals surface area contributed by atoms with Crippen LogP contribution >= 0.6 is 27.5 Å². The summed E-state index contributed by atoms with van der Waals surface area (Å²) >= 11 is 9.90. The third-order valence-electron chi connectivity index (χ3n) is 7.34. The van der Waals surface area contributed by atoms with E-state index in [4.69, 9.17) is 16.7 Å². The molecule has 1 unspecified atom stereocenters. The Balaban J connectivity index is 1.53. The van der Waals surface area contributed by atoms with Gasteiger partial charge in [0, 0.05) is 23.2 Å². The Labute approximate surface area is 264 Å². The molecule has 43 heavy (non-hydrogen) atoms. The number of nitrogens with zero attached hydrogens (tertiary/aromatic N) is 3. The van der Waals surface area contributed by atoms with E-state index in [0.717, 1.165) is 37.6 Å². The predicted molar refractivity (Wildman–Crippen MR) is 173 cm³/mol. The summed E-state index contributed by atoms with van der Waals surface area (Å²) in [6.07, 6.45) is 0.953. The molecule has 0 saturated carbocycles. The van der Waals surface area contributed by atoms with Crippen LogP contribution < -0.4 is 0 Å². The molecule has 0 radical (unpaired) electrons. The lowest BCUT2D eigenvalue weighted by Gasteiger charge is -2.24. The summed E-state index contributed by atoms with van der Waals surface area (Å²) in [6, 6.07) is 29.6. The summed E-state index contributed by atoms with van der Waals surface area (Å²) in [5.41, 5.74) is 5.86. The summed E-state index contributed by atoms with van der Waals surface area (Å²) in [7, 11) is -2.82. The van der Waals surface area contributed by atoms with Gasteiger partial charge in [-0.1, -0.05) is 85.3 Å². The molecule has 220 valence electrons. The van der Waals surface area contributed by atoms with Crippen molar-refractivity contribution in [3.63, 3.8) is 0 Å². The normalized spacial score (nSPS) is 12.4. The number of halogens is 2. The molecular formula is C33H29BrClN3O4S. The van der Waals surface area contributed by atoms with Crippen LogP contribution in [0.3, 0.4) is 0 Å². The molecule has 5 rings (SSSR count). The van der Waals surface area contributed by atoms with E-state index >= 15 is 0 Å². The number of carbonyl (C=O) groups is 1. The first-order valence-electron chi connectivity index (χ1n) is 13.6. The van der Waals surface area contributed by atoms with Crippen molar-refractivity contribution in [2.24, 2.45) is 0 Å². The molecule has 1 heterocycles. The van der Waals surface area contributed by atoms with Crippen LogP contribution in [0.15, 0.2) is 112 Å². The van der Waals surface area contributed by atoms with Gasteiger partial charge in [0.15, 0.2) is 0 Å². The average molecular weight is 679 g/mol. The lowest BCUT2D eigenvalue weighted by Crippen LogP contribution is -2.43. The molecule has 5 aromatic rings.